The van der Waals surface area contributed by atoms with E-state index in [1.165, 1.54) is 5.56 Å². The van der Waals surface area contributed by atoms with E-state index >= 15 is 0 Å². The molecule has 0 saturated heterocycles. The molecule has 2 atom stereocenters. The summed E-state index contributed by atoms with van der Waals surface area (Å²) >= 11 is 0. The maximum atomic E-state index is 12.7. The second kappa shape index (κ2) is 5.84. The van der Waals surface area contributed by atoms with E-state index in [0.717, 1.165) is 24.0 Å². The van der Waals surface area contributed by atoms with Gasteiger partial charge in [0.1, 0.15) is 0 Å². The van der Waals surface area contributed by atoms with Crippen molar-refractivity contribution in [3.8, 4) is 0 Å². The maximum absolute atomic E-state index is 12.7. The van der Waals surface area contributed by atoms with Crippen LogP contribution < -0.4 is 11.5 Å². The van der Waals surface area contributed by atoms with Crippen molar-refractivity contribution in [1.29, 1.82) is 0 Å². The number of hydrogen-bond acceptors (Lipinski definition) is 2. The summed E-state index contributed by atoms with van der Waals surface area (Å²) in [4.78, 5) is 21.7. The van der Waals surface area contributed by atoms with Crippen molar-refractivity contribution in [3.63, 3.8) is 0 Å². The van der Waals surface area contributed by atoms with Gasteiger partial charge in [0.05, 0.1) is 0 Å². The topological polar surface area (TPSA) is 86.2 Å². The number of ketones is 1. The van der Waals surface area contributed by atoms with Crippen LogP contribution in [0.2, 0.25) is 0 Å². The van der Waals surface area contributed by atoms with Crippen LogP contribution in [0.1, 0.15) is 44.7 Å². The van der Waals surface area contributed by atoms with Gasteiger partial charge in [0.2, 0.25) is 0 Å². The molecule has 3 rings (SSSR count). The Morgan fingerprint density at radius 2 is 1.70 bits per heavy atom. The van der Waals surface area contributed by atoms with Crippen molar-refractivity contribution in [2.75, 3.05) is 0 Å². The van der Waals surface area contributed by atoms with Gasteiger partial charge in [-0.05, 0) is 48.3 Å². The third-order valence-corrected chi connectivity index (χ3v) is 5.76. The van der Waals surface area contributed by atoms with Gasteiger partial charge in [0.15, 0.2) is 5.78 Å². The van der Waals surface area contributed by atoms with E-state index in [0.29, 0.717) is 11.7 Å². The summed E-state index contributed by atoms with van der Waals surface area (Å²) in [6.07, 6.45) is 4.33. The highest BCUT2D eigenvalue weighted by atomic mass is 16.2. The predicted molar refractivity (Wildman–Crippen MR) is 92.5 cm³/mol. The number of urea groups is 1. The Morgan fingerprint density at radius 3 is 2.13 bits per heavy atom. The Hall–Kier alpha value is -2.10. The average molecular weight is 314 g/mol. The average Bonchev–Trinajstić information content (AvgIpc) is 2.75. The van der Waals surface area contributed by atoms with Crippen LogP contribution >= 0.6 is 0 Å². The second-order valence-corrected chi connectivity index (χ2v) is 7.39. The molecule has 23 heavy (non-hydrogen) atoms. The van der Waals surface area contributed by atoms with E-state index in [2.05, 4.69) is 69.5 Å². The van der Waals surface area contributed by atoms with Gasteiger partial charge in [-0.3, -0.25) is 4.79 Å². The molecule has 1 aromatic rings. The number of fused-ring (bicyclic) bond motifs is 2. The van der Waals surface area contributed by atoms with Crippen LogP contribution in [0.5, 0.6) is 0 Å². The van der Waals surface area contributed by atoms with Crippen LogP contribution in [0, 0.1) is 23.7 Å². The Kier molecular flexibility index (Phi) is 4.38. The molecule has 2 unspecified atom stereocenters. The van der Waals surface area contributed by atoms with E-state index in [9.17, 15) is 4.79 Å². The normalized spacial score (nSPS) is 29.3. The number of hydrogen-bond donors (Lipinski definition) is 2. The molecule has 2 fully saturated rings. The monoisotopic (exact) mass is 314 g/mol. The minimum Gasteiger partial charge on any atom is -0.352 e. The number of nitrogens with two attached hydrogens (primary N) is 2. The zero-order valence-electron chi connectivity index (χ0n) is 14.3. The zero-order valence-corrected chi connectivity index (χ0v) is 14.3. The number of allylic oxidation sites excluding steroid dienone is 1. The van der Waals surface area contributed by atoms with Gasteiger partial charge in [-0.2, -0.15) is 0 Å². The van der Waals surface area contributed by atoms with Crippen LogP contribution in [0.3, 0.4) is 0 Å². The molecule has 2 saturated carbocycles. The number of Topliss-reactive ketones (excluding diaryl/α,β-unsaturated/α-hetero) is 1. The highest BCUT2D eigenvalue weighted by Gasteiger charge is 2.63. The van der Waals surface area contributed by atoms with Crippen molar-refractivity contribution in [2.24, 2.45) is 28.2 Å². The summed E-state index contributed by atoms with van der Waals surface area (Å²) in [5, 5.41) is 0. The number of rotatable bonds is 1. The van der Waals surface area contributed by atoms with E-state index in [-0.39, 0.29) is 10.8 Å². The van der Waals surface area contributed by atoms with E-state index < -0.39 is 6.03 Å². The van der Waals surface area contributed by atoms with Crippen molar-refractivity contribution in [1.82, 2.24) is 0 Å². The van der Waals surface area contributed by atoms with Gasteiger partial charge in [-0.25, -0.2) is 4.79 Å². The molecule has 2 aliphatic carbocycles. The first-order valence-electron chi connectivity index (χ1n) is 7.97. The van der Waals surface area contributed by atoms with Gasteiger partial charge < -0.3 is 11.5 Å². The van der Waals surface area contributed by atoms with Crippen LogP contribution in [0.15, 0.2) is 29.8 Å². The molecule has 2 amide bonds. The van der Waals surface area contributed by atoms with Crippen LogP contribution in [-0.2, 0) is 4.79 Å². The lowest BCUT2D eigenvalue weighted by molar-refractivity contribution is -0.125. The molecular weight excluding hydrogens is 288 g/mol. The summed E-state index contributed by atoms with van der Waals surface area (Å²) < 4.78 is 0. The van der Waals surface area contributed by atoms with Crippen molar-refractivity contribution in [2.45, 2.75) is 40.5 Å². The quantitative estimate of drug-likeness (QED) is 0.778. The standard InChI is InChI=1S/C18H22O.CH4N2O/c1-12-5-7-13(8-6-12)11-14-15-9-10-18(4,16(14)19)17(15,2)3;2-1(3)4/h5-8,11,15H,9-10H2,1-4H3;(H4,2,3,4). The first kappa shape index (κ1) is 17.3. The van der Waals surface area contributed by atoms with Gasteiger partial charge in [-0.15, -0.1) is 0 Å². The highest BCUT2D eigenvalue weighted by Crippen LogP contribution is 2.65. The lowest BCUT2D eigenvalue weighted by Gasteiger charge is -2.31. The molecule has 0 radical (unpaired) electrons. The molecule has 0 aliphatic heterocycles. The summed E-state index contributed by atoms with van der Waals surface area (Å²) in [6.45, 7) is 8.77. The zero-order chi connectivity index (χ0) is 17.4. The van der Waals surface area contributed by atoms with E-state index in [4.69, 9.17) is 4.79 Å². The Morgan fingerprint density at radius 1 is 1.17 bits per heavy atom. The summed E-state index contributed by atoms with van der Waals surface area (Å²) in [5.41, 5.74) is 11.9. The number of carbonyl (C=O) groups is 2. The van der Waals surface area contributed by atoms with Crippen molar-refractivity contribution < 1.29 is 9.59 Å². The fourth-order valence-corrected chi connectivity index (χ4v) is 3.94. The van der Waals surface area contributed by atoms with Crippen LogP contribution in [0.25, 0.3) is 6.08 Å². The molecule has 0 spiro atoms. The molecular formula is C19H26N2O2. The third kappa shape index (κ3) is 2.90. The van der Waals surface area contributed by atoms with E-state index in [1.54, 1.807) is 0 Å². The second-order valence-electron chi connectivity index (χ2n) is 7.39. The number of aryl methyl sites for hydroxylation is 1. The minimum absolute atomic E-state index is 0.112. The fraction of sp³-hybridized carbons (Fsp3) is 0.474. The predicted octanol–water partition coefficient (Wildman–Crippen LogP) is 3.43. The third-order valence-electron chi connectivity index (χ3n) is 5.76. The van der Waals surface area contributed by atoms with Crippen LogP contribution in [-0.4, -0.2) is 11.8 Å². The lowest BCUT2D eigenvalue weighted by atomic mass is 9.70. The summed E-state index contributed by atoms with van der Waals surface area (Å²) in [5.74, 6) is 0.820. The SMILES string of the molecule is Cc1ccc(C=C2C(=O)C3(C)CCC2C3(C)C)cc1.NC(N)=O. The number of primary amides is 2. The largest absolute Gasteiger partial charge is 0.352 e. The molecule has 4 N–H and O–H groups in total. The smallest absolute Gasteiger partial charge is 0.309 e. The highest BCUT2D eigenvalue weighted by molar-refractivity contribution is 6.07. The summed E-state index contributed by atoms with van der Waals surface area (Å²) in [6, 6.07) is 7.60. The number of amides is 2. The maximum Gasteiger partial charge on any atom is 0.309 e. The molecule has 2 aliphatic rings. The lowest BCUT2D eigenvalue weighted by Crippen LogP contribution is -2.32. The Labute approximate surface area is 137 Å². The molecule has 0 heterocycles. The Balaban J connectivity index is 0.000000433. The van der Waals surface area contributed by atoms with Gasteiger partial charge in [-0.1, -0.05) is 50.6 Å². The van der Waals surface area contributed by atoms with Crippen molar-refractivity contribution in [3.05, 3.63) is 41.0 Å². The van der Waals surface area contributed by atoms with Crippen molar-refractivity contribution >= 4 is 17.9 Å². The summed E-state index contributed by atoms with van der Waals surface area (Å²) in [7, 11) is 0. The molecule has 4 nitrogen and oxygen atoms in total. The van der Waals surface area contributed by atoms with Gasteiger partial charge in [0.25, 0.3) is 0 Å². The molecule has 0 aromatic heterocycles. The molecule has 1 aromatic carbocycles. The first-order chi connectivity index (χ1) is 10.6. The molecule has 124 valence electrons. The number of benzene rings is 1. The fourth-order valence-electron chi connectivity index (χ4n) is 3.94. The molecule has 2 bridgehead atoms. The molecule has 4 heteroatoms. The number of carbonyl (C=O) groups excluding carboxylic acids is 2. The van der Waals surface area contributed by atoms with Crippen LogP contribution in [0.4, 0.5) is 4.79 Å². The minimum atomic E-state index is -0.833. The Bertz CT molecular complexity index is 654. The van der Waals surface area contributed by atoms with Gasteiger partial charge >= 0.3 is 6.03 Å². The first-order valence-corrected chi connectivity index (χ1v) is 7.97. The van der Waals surface area contributed by atoms with E-state index in [1.807, 2.05) is 0 Å². The van der Waals surface area contributed by atoms with Gasteiger partial charge in [0, 0.05) is 5.41 Å².